The maximum absolute atomic E-state index is 12.5. The predicted octanol–water partition coefficient (Wildman–Crippen LogP) is 1.10. The summed E-state index contributed by atoms with van der Waals surface area (Å²) in [6, 6.07) is 1.84. The maximum atomic E-state index is 12.5. The number of hydrogen-bond donors (Lipinski definition) is 2. The summed E-state index contributed by atoms with van der Waals surface area (Å²) in [7, 11) is 0. The van der Waals surface area contributed by atoms with Crippen LogP contribution in [-0.2, 0) is 4.79 Å². The van der Waals surface area contributed by atoms with Gasteiger partial charge in [-0.2, -0.15) is 0 Å². The van der Waals surface area contributed by atoms with Crippen molar-refractivity contribution >= 4 is 17.5 Å². The molecular formula is C15H22N4O2. The number of nitrogens with zero attached hydrogens (tertiary/aromatic N) is 2. The van der Waals surface area contributed by atoms with Crippen LogP contribution in [0.3, 0.4) is 0 Å². The summed E-state index contributed by atoms with van der Waals surface area (Å²) in [6.45, 7) is 4.92. The third kappa shape index (κ3) is 3.71. The van der Waals surface area contributed by atoms with E-state index in [1.807, 2.05) is 6.92 Å². The second-order valence-electron chi connectivity index (χ2n) is 5.39. The molecule has 2 rings (SSSR count). The fourth-order valence-electron chi connectivity index (χ4n) is 2.49. The number of amides is 2. The lowest BCUT2D eigenvalue weighted by Gasteiger charge is -2.32. The van der Waals surface area contributed by atoms with Gasteiger partial charge >= 0.3 is 0 Å². The number of rotatable bonds is 3. The molecule has 0 atom stereocenters. The summed E-state index contributed by atoms with van der Waals surface area (Å²) >= 11 is 0. The Labute approximate surface area is 124 Å². The van der Waals surface area contributed by atoms with Crippen molar-refractivity contribution in [3.63, 3.8) is 0 Å². The van der Waals surface area contributed by atoms with Crippen molar-refractivity contribution in [3.8, 4) is 0 Å². The van der Waals surface area contributed by atoms with Gasteiger partial charge in [-0.3, -0.25) is 14.6 Å². The highest BCUT2D eigenvalue weighted by atomic mass is 16.2. The van der Waals surface area contributed by atoms with Crippen molar-refractivity contribution in [1.82, 2.24) is 15.2 Å². The zero-order valence-corrected chi connectivity index (χ0v) is 12.6. The van der Waals surface area contributed by atoms with E-state index in [0.717, 1.165) is 12.8 Å². The normalized spacial score (nSPS) is 15.8. The molecule has 1 fully saturated rings. The van der Waals surface area contributed by atoms with Gasteiger partial charge in [0.2, 0.25) is 5.91 Å². The summed E-state index contributed by atoms with van der Waals surface area (Å²) in [4.78, 5) is 29.8. The highest BCUT2D eigenvalue weighted by molar-refractivity contribution is 5.96. The zero-order valence-electron chi connectivity index (χ0n) is 12.6. The fraction of sp³-hybridized carbons (Fsp3) is 0.533. The average molecular weight is 290 g/mol. The topological polar surface area (TPSA) is 88.3 Å². The van der Waals surface area contributed by atoms with Crippen LogP contribution in [0, 0.1) is 6.92 Å². The van der Waals surface area contributed by atoms with Crippen LogP contribution < -0.4 is 11.1 Å². The van der Waals surface area contributed by atoms with Crippen molar-refractivity contribution in [2.24, 2.45) is 0 Å². The third-order valence-corrected chi connectivity index (χ3v) is 3.81. The molecule has 3 N–H and O–H groups in total. The molecule has 2 amide bonds. The highest BCUT2D eigenvalue weighted by Crippen LogP contribution is 2.17. The van der Waals surface area contributed by atoms with Gasteiger partial charge in [0.05, 0.1) is 23.1 Å². The molecule has 1 aliphatic rings. The molecule has 1 aromatic heterocycles. The number of carbonyl (C=O) groups is 2. The molecule has 21 heavy (non-hydrogen) atoms. The van der Waals surface area contributed by atoms with Crippen LogP contribution in [0.25, 0.3) is 0 Å². The minimum atomic E-state index is -0.0347. The number of nitrogen functional groups attached to an aromatic ring is 1. The van der Waals surface area contributed by atoms with Gasteiger partial charge in [-0.1, -0.05) is 6.92 Å². The first-order valence-electron chi connectivity index (χ1n) is 7.32. The standard InChI is InChI=1S/C15H22N4O2/c1-3-14(20)18-12-4-6-19(7-5-12)15(21)13-8-11(16)9-17-10(13)2/h8-9,12H,3-7,16H2,1-2H3,(H,18,20). The summed E-state index contributed by atoms with van der Waals surface area (Å²) in [5.41, 5.74) is 7.45. The molecule has 2 heterocycles. The van der Waals surface area contributed by atoms with Crippen LogP contribution in [-0.4, -0.2) is 40.8 Å². The second kappa shape index (κ2) is 6.56. The number of pyridine rings is 1. The molecular weight excluding hydrogens is 268 g/mol. The van der Waals surface area contributed by atoms with E-state index >= 15 is 0 Å². The van der Waals surface area contributed by atoms with Crippen molar-refractivity contribution in [3.05, 3.63) is 23.5 Å². The smallest absolute Gasteiger partial charge is 0.255 e. The second-order valence-corrected chi connectivity index (χ2v) is 5.39. The number of likely N-dealkylation sites (tertiary alicyclic amines) is 1. The quantitative estimate of drug-likeness (QED) is 0.872. The van der Waals surface area contributed by atoms with Gasteiger partial charge in [0, 0.05) is 25.6 Å². The molecule has 0 aromatic carbocycles. The number of piperidine rings is 1. The molecule has 0 bridgehead atoms. The van der Waals surface area contributed by atoms with Gasteiger partial charge in [-0.25, -0.2) is 0 Å². The Balaban J connectivity index is 1.97. The third-order valence-electron chi connectivity index (χ3n) is 3.81. The number of hydrogen-bond acceptors (Lipinski definition) is 4. The van der Waals surface area contributed by atoms with E-state index in [-0.39, 0.29) is 17.9 Å². The SMILES string of the molecule is CCC(=O)NC1CCN(C(=O)c2cc(N)cnc2C)CC1. The molecule has 114 valence electrons. The molecule has 0 saturated carbocycles. The van der Waals surface area contributed by atoms with E-state index in [2.05, 4.69) is 10.3 Å². The first kappa shape index (κ1) is 15.3. The molecule has 6 heteroatoms. The van der Waals surface area contributed by atoms with Gasteiger partial charge in [-0.15, -0.1) is 0 Å². The van der Waals surface area contributed by atoms with Crippen molar-refractivity contribution < 1.29 is 9.59 Å². The molecule has 6 nitrogen and oxygen atoms in total. The molecule has 0 spiro atoms. The fourth-order valence-corrected chi connectivity index (χ4v) is 2.49. The number of nitrogens with one attached hydrogen (secondary N) is 1. The Morgan fingerprint density at radius 1 is 1.43 bits per heavy atom. The molecule has 0 unspecified atom stereocenters. The zero-order chi connectivity index (χ0) is 15.4. The first-order chi connectivity index (χ1) is 10.0. The van der Waals surface area contributed by atoms with Crippen LogP contribution in [0.2, 0.25) is 0 Å². The van der Waals surface area contributed by atoms with E-state index in [1.165, 1.54) is 0 Å². The van der Waals surface area contributed by atoms with Gasteiger partial charge in [0.1, 0.15) is 0 Å². The van der Waals surface area contributed by atoms with Crippen LogP contribution in [0.5, 0.6) is 0 Å². The summed E-state index contributed by atoms with van der Waals surface area (Å²) in [6.07, 6.45) is 3.62. The molecule has 0 aliphatic carbocycles. The number of carbonyl (C=O) groups excluding carboxylic acids is 2. The lowest BCUT2D eigenvalue weighted by molar-refractivity contribution is -0.121. The minimum Gasteiger partial charge on any atom is -0.397 e. The summed E-state index contributed by atoms with van der Waals surface area (Å²) < 4.78 is 0. The average Bonchev–Trinajstić information content (AvgIpc) is 2.49. The van der Waals surface area contributed by atoms with Crippen molar-refractivity contribution in [1.29, 1.82) is 0 Å². The molecule has 1 saturated heterocycles. The Bertz CT molecular complexity index is 536. The Hall–Kier alpha value is -2.11. The monoisotopic (exact) mass is 290 g/mol. The largest absolute Gasteiger partial charge is 0.397 e. The lowest BCUT2D eigenvalue weighted by Crippen LogP contribution is -2.46. The summed E-state index contributed by atoms with van der Waals surface area (Å²) in [5, 5.41) is 2.98. The van der Waals surface area contributed by atoms with Crippen LogP contribution in [0.4, 0.5) is 5.69 Å². The van der Waals surface area contributed by atoms with Crippen LogP contribution >= 0.6 is 0 Å². The van der Waals surface area contributed by atoms with Gasteiger partial charge in [-0.05, 0) is 25.8 Å². The van der Waals surface area contributed by atoms with E-state index in [9.17, 15) is 9.59 Å². The number of nitrogens with two attached hydrogens (primary N) is 1. The number of anilines is 1. The predicted molar refractivity (Wildman–Crippen MR) is 80.7 cm³/mol. The van der Waals surface area contributed by atoms with E-state index in [4.69, 9.17) is 5.73 Å². The maximum Gasteiger partial charge on any atom is 0.255 e. The van der Waals surface area contributed by atoms with Gasteiger partial charge in [0.25, 0.3) is 5.91 Å². The van der Waals surface area contributed by atoms with Crippen molar-refractivity contribution in [2.45, 2.75) is 39.2 Å². The van der Waals surface area contributed by atoms with E-state index in [1.54, 1.807) is 24.1 Å². The molecule has 1 aliphatic heterocycles. The van der Waals surface area contributed by atoms with Gasteiger partial charge in [0.15, 0.2) is 0 Å². The number of aromatic nitrogens is 1. The van der Waals surface area contributed by atoms with E-state index < -0.39 is 0 Å². The minimum absolute atomic E-state index is 0.0347. The van der Waals surface area contributed by atoms with Crippen molar-refractivity contribution in [2.75, 3.05) is 18.8 Å². The molecule has 0 radical (unpaired) electrons. The first-order valence-corrected chi connectivity index (χ1v) is 7.32. The van der Waals surface area contributed by atoms with Crippen LogP contribution in [0.15, 0.2) is 12.3 Å². The summed E-state index contributed by atoms with van der Waals surface area (Å²) in [5.74, 6) is 0.0308. The Kier molecular flexibility index (Phi) is 4.77. The highest BCUT2D eigenvalue weighted by Gasteiger charge is 2.25. The lowest BCUT2D eigenvalue weighted by atomic mass is 10.0. The Morgan fingerprint density at radius 2 is 2.10 bits per heavy atom. The Morgan fingerprint density at radius 3 is 2.71 bits per heavy atom. The van der Waals surface area contributed by atoms with Gasteiger partial charge < -0.3 is 16.0 Å². The number of aryl methyl sites for hydroxylation is 1. The molecule has 1 aromatic rings. The van der Waals surface area contributed by atoms with Crippen LogP contribution in [0.1, 0.15) is 42.2 Å². The van der Waals surface area contributed by atoms with E-state index in [0.29, 0.717) is 36.5 Å².